The fourth-order valence-corrected chi connectivity index (χ4v) is 1.87. The zero-order valence-electron chi connectivity index (χ0n) is 8.84. The number of methoxy groups -OCH3 is 1. The summed E-state index contributed by atoms with van der Waals surface area (Å²) in [5, 5.41) is 7.90. The third-order valence-corrected chi connectivity index (χ3v) is 2.73. The fourth-order valence-electron chi connectivity index (χ4n) is 1.10. The van der Waals surface area contributed by atoms with Crippen molar-refractivity contribution in [2.24, 2.45) is 5.11 Å². The zero-order chi connectivity index (χ0) is 11.8. The molecule has 0 fully saturated rings. The van der Waals surface area contributed by atoms with E-state index >= 15 is 0 Å². The van der Waals surface area contributed by atoms with Crippen molar-refractivity contribution in [3.63, 3.8) is 0 Å². The summed E-state index contributed by atoms with van der Waals surface area (Å²) in [6, 6.07) is 1.75. The van der Waals surface area contributed by atoms with E-state index in [1.165, 1.54) is 18.4 Å². The van der Waals surface area contributed by atoms with Crippen molar-refractivity contribution in [1.82, 2.24) is 5.32 Å². The first-order chi connectivity index (χ1) is 7.79. The third kappa shape index (κ3) is 3.45. The molecule has 86 valence electrons. The predicted molar refractivity (Wildman–Crippen MR) is 61.8 cm³/mol. The number of carbonyl (C=O) groups is 1. The molecule has 7 heteroatoms. The van der Waals surface area contributed by atoms with E-state index in [2.05, 4.69) is 15.3 Å². The molecule has 1 N–H and O–H groups in total. The maximum absolute atomic E-state index is 11.6. The van der Waals surface area contributed by atoms with Gasteiger partial charge < -0.3 is 10.1 Å². The van der Waals surface area contributed by atoms with Crippen LogP contribution in [-0.2, 0) is 0 Å². The molecule has 0 aliphatic carbocycles. The van der Waals surface area contributed by atoms with Gasteiger partial charge in [-0.15, -0.1) is 11.3 Å². The second kappa shape index (κ2) is 6.71. The van der Waals surface area contributed by atoms with Crippen LogP contribution in [0.4, 0.5) is 0 Å². The van der Waals surface area contributed by atoms with Gasteiger partial charge in [-0.1, -0.05) is 5.11 Å². The van der Waals surface area contributed by atoms with E-state index in [4.69, 9.17) is 10.3 Å². The van der Waals surface area contributed by atoms with Gasteiger partial charge in [0, 0.05) is 18.0 Å². The number of azide groups is 1. The molecular weight excluding hydrogens is 228 g/mol. The monoisotopic (exact) mass is 240 g/mol. The van der Waals surface area contributed by atoms with Gasteiger partial charge in [-0.2, -0.15) is 0 Å². The van der Waals surface area contributed by atoms with E-state index in [0.29, 0.717) is 30.1 Å². The quantitative estimate of drug-likeness (QED) is 0.357. The Morgan fingerprint density at radius 3 is 3.25 bits per heavy atom. The fraction of sp³-hybridized carbons (Fsp3) is 0.444. The average molecular weight is 240 g/mol. The van der Waals surface area contributed by atoms with Crippen LogP contribution < -0.4 is 10.1 Å². The number of rotatable bonds is 6. The first kappa shape index (κ1) is 12.4. The van der Waals surface area contributed by atoms with E-state index in [-0.39, 0.29) is 5.91 Å². The molecule has 0 saturated heterocycles. The SMILES string of the molecule is COc1ccsc1C(=O)NCCCN=[N+]=[N-]. The van der Waals surface area contributed by atoms with Crippen molar-refractivity contribution < 1.29 is 9.53 Å². The normalized spacial score (nSPS) is 9.31. The number of amides is 1. The Labute approximate surface area is 96.9 Å². The largest absolute Gasteiger partial charge is 0.495 e. The van der Waals surface area contributed by atoms with E-state index in [1.54, 1.807) is 11.4 Å². The molecule has 0 spiro atoms. The highest BCUT2D eigenvalue weighted by molar-refractivity contribution is 7.12. The summed E-state index contributed by atoms with van der Waals surface area (Å²) in [6.45, 7) is 0.872. The molecule has 1 amide bonds. The highest BCUT2D eigenvalue weighted by atomic mass is 32.1. The predicted octanol–water partition coefficient (Wildman–Crippen LogP) is 2.19. The van der Waals surface area contributed by atoms with Gasteiger partial charge in [0.15, 0.2) is 0 Å². The molecular formula is C9H12N4O2S. The van der Waals surface area contributed by atoms with E-state index in [9.17, 15) is 4.79 Å². The second-order valence-corrected chi connectivity index (χ2v) is 3.80. The van der Waals surface area contributed by atoms with Crippen LogP contribution in [0, 0.1) is 0 Å². The molecule has 6 nitrogen and oxygen atoms in total. The Morgan fingerprint density at radius 2 is 2.56 bits per heavy atom. The Bertz CT molecular complexity index is 398. The molecule has 16 heavy (non-hydrogen) atoms. The first-order valence-electron chi connectivity index (χ1n) is 4.70. The van der Waals surface area contributed by atoms with Crippen molar-refractivity contribution in [1.29, 1.82) is 0 Å². The Hall–Kier alpha value is -1.72. The summed E-state index contributed by atoms with van der Waals surface area (Å²) in [7, 11) is 1.53. The Kier molecular flexibility index (Phi) is 5.18. The molecule has 1 aromatic rings. The van der Waals surface area contributed by atoms with Crippen molar-refractivity contribution in [3.05, 3.63) is 26.8 Å². The van der Waals surface area contributed by atoms with Crippen LogP contribution in [0.2, 0.25) is 0 Å². The number of hydrogen-bond acceptors (Lipinski definition) is 4. The van der Waals surface area contributed by atoms with E-state index < -0.39 is 0 Å². The molecule has 0 unspecified atom stereocenters. The number of nitrogens with zero attached hydrogens (tertiary/aromatic N) is 3. The van der Waals surface area contributed by atoms with Gasteiger partial charge in [0.25, 0.3) is 5.91 Å². The summed E-state index contributed by atoms with van der Waals surface area (Å²) in [6.07, 6.45) is 0.628. The molecule has 0 atom stereocenters. The molecule has 0 aliphatic rings. The summed E-state index contributed by atoms with van der Waals surface area (Å²) >= 11 is 1.33. The number of hydrogen-bond donors (Lipinski definition) is 1. The van der Waals surface area contributed by atoms with Gasteiger partial charge in [-0.25, -0.2) is 0 Å². The van der Waals surface area contributed by atoms with E-state index in [1.807, 2.05) is 0 Å². The molecule has 0 aliphatic heterocycles. The molecule has 0 saturated carbocycles. The van der Waals surface area contributed by atoms with Crippen molar-refractivity contribution in [2.45, 2.75) is 6.42 Å². The maximum Gasteiger partial charge on any atom is 0.265 e. The minimum atomic E-state index is -0.159. The van der Waals surface area contributed by atoms with Crippen LogP contribution in [0.1, 0.15) is 16.1 Å². The lowest BCUT2D eigenvalue weighted by Crippen LogP contribution is -2.24. The van der Waals surface area contributed by atoms with Crippen LogP contribution in [-0.4, -0.2) is 26.1 Å². The highest BCUT2D eigenvalue weighted by Crippen LogP contribution is 2.23. The lowest BCUT2D eigenvalue weighted by molar-refractivity contribution is 0.0955. The van der Waals surface area contributed by atoms with Gasteiger partial charge in [0.1, 0.15) is 10.6 Å². The minimum Gasteiger partial charge on any atom is -0.495 e. The smallest absolute Gasteiger partial charge is 0.265 e. The van der Waals surface area contributed by atoms with Crippen molar-refractivity contribution in [2.75, 3.05) is 20.2 Å². The lowest BCUT2D eigenvalue weighted by atomic mass is 10.3. The number of carbonyl (C=O) groups excluding carboxylic acids is 1. The summed E-state index contributed by atoms with van der Waals surface area (Å²) < 4.78 is 5.03. The third-order valence-electron chi connectivity index (χ3n) is 1.84. The molecule has 0 radical (unpaired) electrons. The molecule has 0 aromatic carbocycles. The van der Waals surface area contributed by atoms with Crippen molar-refractivity contribution >= 4 is 17.2 Å². The van der Waals surface area contributed by atoms with Crippen LogP contribution in [0.3, 0.4) is 0 Å². The average Bonchev–Trinajstić information content (AvgIpc) is 2.76. The second-order valence-electron chi connectivity index (χ2n) is 2.88. The van der Waals surface area contributed by atoms with Gasteiger partial charge in [0.2, 0.25) is 0 Å². The Balaban J connectivity index is 2.38. The number of ether oxygens (including phenoxy) is 1. The standard InChI is InChI=1S/C9H12N4O2S/c1-15-7-3-6-16-8(7)9(14)11-4-2-5-12-13-10/h3,6H,2,4-5H2,1H3,(H,11,14). The summed E-state index contributed by atoms with van der Waals surface area (Å²) in [5.74, 6) is 0.422. The van der Waals surface area contributed by atoms with Crippen LogP contribution >= 0.6 is 11.3 Å². The van der Waals surface area contributed by atoms with Crippen molar-refractivity contribution in [3.8, 4) is 5.75 Å². The van der Waals surface area contributed by atoms with Gasteiger partial charge in [-0.3, -0.25) is 4.79 Å². The Morgan fingerprint density at radius 1 is 1.75 bits per heavy atom. The highest BCUT2D eigenvalue weighted by Gasteiger charge is 2.12. The molecule has 1 aromatic heterocycles. The number of thiophene rings is 1. The maximum atomic E-state index is 11.6. The first-order valence-corrected chi connectivity index (χ1v) is 5.58. The zero-order valence-corrected chi connectivity index (χ0v) is 9.66. The minimum absolute atomic E-state index is 0.159. The molecule has 1 heterocycles. The topological polar surface area (TPSA) is 87.1 Å². The lowest BCUT2D eigenvalue weighted by Gasteiger charge is -2.03. The van der Waals surface area contributed by atoms with Gasteiger partial charge in [0.05, 0.1) is 7.11 Å². The molecule has 1 rings (SSSR count). The van der Waals surface area contributed by atoms with Crippen LogP contribution in [0.25, 0.3) is 10.4 Å². The summed E-state index contributed by atoms with van der Waals surface area (Å²) in [5.41, 5.74) is 8.05. The molecule has 0 bridgehead atoms. The number of nitrogens with one attached hydrogen (secondary N) is 1. The van der Waals surface area contributed by atoms with Crippen LogP contribution in [0.5, 0.6) is 5.75 Å². The van der Waals surface area contributed by atoms with Crippen LogP contribution in [0.15, 0.2) is 16.6 Å². The van der Waals surface area contributed by atoms with E-state index in [0.717, 1.165) is 0 Å². The summed E-state index contributed by atoms with van der Waals surface area (Å²) in [4.78, 5) is 14.8. The van der Waals surface area contributed by atoms with Gasteiger partial charge in [-0.05, 0) is 23.4 Å². The van der Waals surface area contributed by atoms with Gasteiger partial charge >= 0.3 is 0 Å².